The van der Waals surface area contributed by atoms with E-state index in [0.29, 0.717) is 27.0 Å². The van der Waals surface area contributed by atoms with E-state index in [1.807, 2.05) is 0 Å². The van der Waals surface area contributed by atoms with Crippen LogP contribution in [-0.2, 0) is 0 Å². The Morgan fingerprint density at radius 1 is 1.26 bits per heavy atom. The highest BCUT2D eigenvalue weighted by molar-refractivity contribution is 6.44. The molecule has 1 N–H and O–H groups in total. The molecule has 1 aliphatic carbocycles. The number of rotatable bonds is 5. The number of halogens is 3. The largest absolute Gasteiger partial charge is 0.310 e. The van der Waals surface area contributed by atoms with Crippen molar-refractivity contribution in [3.63, 3.8) is 0 Å². The minimum absolute atomic E-state index is 0.442. The van der Waals surface area contributed by atoms with E-state index in [1.165, 1.54) is 18.4 Å². The van der Waals surface area contributed by atoms with Crippen molar-refractivity contribution >= 4 is 40.9 Å². The van der Waals surface area contributed by atoms with Gasteiger partial charge in [0.25, 0.3) is 0 Å². The molecule has 1 aromatic carbocycles. The second-order valence-electron chi connectivity index (χ2n) is 5.29. The summed E-state index contributed by atoms with van der Waals surface area (Å²) in [5.41, 5.74) is 2.11. The van der Waals surface area contributed by atoms with Crippen molar-refractivity contribution in [1.29, 1.82) is 0 Å². The smallest absolute Gasteiger partial charge is 0.0679 e. The molecule has 104 valence electrons. The summed E-state index contributed by atoms with van der Waals surface area (Å²) in [6.45, 7) is 5.22. The molecule has 0 heterocycles. The summed E-state index contributed by atoms with van der Waals surface area (Å²) in [4.78, 5) is 0. The van der Waals surface area contributed by atoms with Crippen molar-refractivity contribution in [3.8, 4) is 0 Å². The second-order valence-corrected chi connectivity index (χ2v) is 6.48. The van der Waals surface area contributed by atoms with Crippen LogP contribution < -0.4 is 5.32 Å². The van der Waals surface area contributed by atoms with Gasteiger partial charge in [0.05, 0.1) is 10.0 Å². The van der Waals surface area contributed by atoms with E-state index in [-0.39, 0.29) is 0 Å². The Kier molecular flexibility index (Phi) is 5.19. The standard InChI is InChI=1S/C15H18Cl3N/c1-9(2)10(8-19-11-3-4-11)7-12-13(16)5-6-14(17)15(12)18/h5-7,9,11,19H,3-4,8H2,1-2H3/b10-7+. The van der Waals surface area contributed by atoms with Gasteiger partial charge in [-0.25, -0.2) is 0 Å². The quantitative estimate of drug-likeness (QED) is 0.713. The number of hydrogen-bond donors (Lipinski definition) is 1. The van der Waals surface area contributed by atoms with E-state index >= 15 is 0 Å². The molecule has 2 rings (SSSR count). The van der Waals surface area contributed by atoms with E-state index in [0.717, 1.165) is 12.1 Å². The minimum atomic E-state index is 0.442. The van der Waals surface area contributed by atoms with Crippen molar-refractivity contribution in [2.45, 2.75) is 32.7 Å². The molecule has 0 bridgehead atoms. The molecule has 1 saturated carbocycles. The molecule has 0 radical (unpaired) electrons. The average molecular weight is 319 g/mol. The first-order chi connectivity index (χ1) is 8.99. The lowest BCUT2D eigenvalue weighted by Crippen LogP contribution is -2.21. The summed E-state index contributed by atoms with van der Waals surface area (Å²) in [6.07, 6.45) is 4.63. The van der Waals surface area contributed by atoms with Crippen LogP contribution in [0.2, 0.25) is 15.1 Å². The second kappa shape index (κ2) is 6.49. The minimum Gasteiger partial charge on any atom is -0.310 e. The van der Waals surface area contributed by atoms with Gasteiger partial charge in [0.15, 0.2) is 0 Å². The molecule has 0 saturated heterocycles. The van der Waals surface area contributed by atoms with Gasteiger partial charge in [-0.05, 0) is 30.9 Å². The lowest BCUT2D eigenvalue weighted by atomic mass is 10.00. The summed E-state index contributed by atoms with van der Waals surface area (Å²) < 4.78 is 0. The first kappa shape index (κ1) is 15.2. The van der Waals surface area contributed by atoms with Crippen molar-refractivity contribution in [3.05, 3.63) is 38.3 Å². The van der Waals surface area contributed by atoms with Crippen LogP contribution in [-0.4, -0.2) is 12.6 Å². The molecule has 0 aliphatic heterocycles. The Bertz CT molecular complexity index is 490. The number of hydrogen-bond acceptors (Lipinski definition) is 1. The van der Waals surface area contributed by atoms with E-state index in [4.69, 9.17) is 34.8 Å². The van der Waals surface area contributed by atoms with Gasteiger partial charge in [-0.15, -0.1) is 0 Å². The third-order valence-corrected chi connectivity index (χ3v) is 4.47. The molecular weight excluding hydrogens is 301 g/mol. The lowest BCUT2D eigenvalue weighted by molar-refractivity contribution is 0.662. The molecule has 0 spiro atoms. The molecular formula is C15H18Cl3N. The Morgan fingerprint density at radius 3 is 2.47 bits per heavy atom. The zero-order chi connectivity index (χ0) is 14.0. The highest BCUT2D eigenvalue weighted by Crippen LogP contribution is 2.33. The summed E-state index contributed by atoms with van der Waals surface area (Å²) in [6, 6.07) is 4.20. The number of nitrogens with one attached hydrogen (secondary N) is 1. The first-order valence-electron chi connectivity index (χ1n) is 6.56. The highest BCUT2D eigenvalue weighted by Gasteiger charge is 2.21. The van der Waals surface area contributed by atoms with Gasteiger partial charge in [-0.3, -0.25) is 0 Å². The third kappa shape index (κ3) is 4.13. The summed E-state index contributed by atoms with van der Waals surface area (Å²) in [5.74, 6) is 0.442. The average Bonchev–Trinajstić information content (AvgIpc) is 3.17. The molecule has 0 atom stereocenters. The van der Waals surface area contributed by atoms with Crippen LogP contribution in [0.3, 0.4) is 0 Å². The predicted octanol–water partition coefficient (Wildman–Crippen LogP) is 5.44. The molecule has 19 heavy (non-hydrogen) atoms. The van der Waals surface area contributed by atoms with Gasteiger partial charge >= 0.3 is 0 Å². The maximum atomic E-state index is 6.24. The van der Waals surface area contributed by atoms with E-state index in [1.54, 1.807) is 12.1 Å². The molecule has 1 aliphatic rings. The zero-order valence-corrected chi connectivity index (χ0v) is 13.4. The van der Waals surface area contributed by atoms with Gasteiger partial charge in [0.2, 0.25) is 0 Å². The maximum absolute atomic E-state index is 6.24. The van der Waals surface area contributed by atoms with Gasteiger partial charge in [0.1, 0.15) is 0 Å². The fourth-order valence-electron chi connectivity index (χ4n) is 1.83. The topological polar surface area (TPSA) is 12.0 Å². The molecule has 1 fully saturated rings. The van der Waals surface area contributed by atoms with Crippen LogP contribution in [0.25, 0.3) is 6.08 Å². The Hall–Kier alpha value is -0.210. The van der Waals surface area contributed by atoms with Crippen LogP contribution in [0.5, 0.6) is 0 Å². The highest BCUT2D eigenvalue weighted by atomic mass is 35.5. The molecule has 4 heteroatoms. The maximum Gasteiger partial charge on any atom is 0.0679 e. The van der Waals surface area contributed by atoms with Crippen molar-refractivity contribution in [2.24, 2.45) is 5.92 Å². The molecule has 1 nitrogen and oxygen atoms in total. The van der Waals surface area contributed by atoms with Crippen LogP contribution >= 0.6 is 34.8 Å². The summed E-state index contributed by atoms with van der Waals surface area (Å²) >= 11 is 18.5. The normalized spacial score (nSPS) is 16.2. The van der Waals surface area contributed by atoms with Crippen LogP contribution in [0.15, 0.2) is 17.7 Å². The molecule has 0 amide bonds. The van der Waals surface area contributed by atoms with Gasteiger partial charge in [0, 0.05) is 23.2 Å². The SMILES string of the molecule is CC(C)/C(=C/c1c(Cl)ccc(Cl)c1Cl)CNC1CC1. The van der Waals surface area contributed by atoms with Crippen LogP contribution in [0.1, 0.15) is 32.3 Å². The van der Waals surface area contributed by atoms with Crippen molar-refractivity contribution < 1.29 is 0 Å². The third-order valence-electron chi connectivity index (χ3n) is 3.32. The fourth-order valence-corrected chi connectivity index (χ4v) is 2.48. The van der Waals surface area contributed by atoms with Crippen LogP contribution in [0.4, 0.5) is 0 Å². The van der Waals surface area contributed by atoms with Gasteiger partial charge in [-0.2, -0.15) is 0 Å². The fraction of sp³-hybridized carbons (Fsp3) is 0.467. The van der Waals surface area contributed by atoms with Crippen molar-refractivity contribution in [1.82, 2.24) is 5.32 Å². The monoisotopic (exact) mass is 317 g/mol. The summed E-state index contributed by atoms with van der Waals surface area (Å²) in [5, 5.41) is 5.23. The van der Waals surface area contributed by atoms with Gasteiger partial charge < -0.3 is 5.32 Å². The zero-order valence-electron chi connectivity index (χ0n) is 11.1. The van der Waals surface area contributed by atoms with Crippen molar-refractivity contribution in [2.75, 3.05) is 6.54 Å². The first-order valence-corrected chi connectivity index (χ1v) is 7.69. The predicted molar refractivity (Wildman–Crippen MR) is 85.3 cm³/mol. The van der Waals surface area contributed by atoms with Crippen LogP contribution in [0, 0.1) is 5.92 Å². The Labute approximate surface area is 129 Å². The number of benzene rings is 1. The van der Waals surface area contributed by atoms with E-state index in [2.05, 4.69) is 25.2 Å². The van der Waals surface area contributed by atoms with Gasteiger partial charge in [-0.1, -0.05) is 60.3 Å². The lowest BCUT2D eigenvalue weighted by Gasteiger charge is -2.14. The van der Waals surface area contributed by atoms with E-state index < -0.39 is 0 Å². The summed E-state index contributed by atoms with van der Waals surface area (Å²) in [7, 11) is 0. The Morgan fingerprint density at radius 2 is 1.89 bits per heavy atom. The molecule has 0 aromatic heterocycles. The molecule has 0 unspecified atom stereocenters. The van der Waals surface area contributed by atoms with E-state index in [9.17, 15) is 0 Å². The Balaban J connectivity index is 2.26. The molecule has 1 aromatic rings.